The zero-order chi connectivity index (χ0) is 24.1. The van der Waals surface area contributed by atoms with Crippen molar-refractivity contribution in [2.24, 2.45) is 5.41 Å². The molecule has 0 amide bonds. The first-order valence-corrected chi connectivity index (χ1v) is 13.5. The highest BCUT2D eigenvalue weighted by Gasteiger charge is 2.50. The SMILES string of the molecule is C=CC1=C(C=C)C2(C)CC\C(=C/C=C(C)/C=C/C3=C4Nc5ccc(SC)cc5C4(C)CC3)C2=[NH+]1. The van der Waals surface area contributed by atoms with E-state index in [0.717, 1.165) is 25.0 Å². The molecule has 2 unspecified atom stereocenters. The molecule has 5 rings (SSSR count). The van der Waals surface area contributed by atoms with E-state index >= 15 is 0 Å². The Morgan fingerprint density at radius 2 is 1.91 bits per heavy atom. The predicted octanol–water partition coefficient (Wildman–Crippen LogP) is 6.53. The zero-order valence-electron chi connectivity index (χ0n) is 20.8. The van der Waals surface area contributed by atoms with Crippen molar-refractivity contribution in [2.75, 3.05) is 11.6 Å². The average molecular weight is 468 g/mol. The highest BCUT2D eigenvalue weighted by Crippen LogP contribution is 2.53. The molecule has 0 bridgehead atoms. The van der Waals surface area contributed by atoms with Gasteiger partial charge in [0.1, 0.15) is 0 Å². The monoisotopic (exact) mass is 467 g/mol. The molecule has 2 aliphatic heterocycles. The van der Waals surface area contributed by atoms with Crippen molar-refractivity contribution < 1.29 is 4.99 Å². The summed E-state index contributed by atoms with van der Waals surface area (Å²) >= 11 is 1.82. The average Bonchev–Trinajstić information content (AvgIpc) is 3.50. The van der Waals surface area contributed by atoms with Crippen molar-refractivity contribution in [3.8, 4) is 0 Å². The standard InChI is InChI=1S/C31H34N2S/c1-7-24-26(8-2)32-28-21(15-17-30(24,28)4)11-9-20(3)10-12-22-16-18-31(5)25-19-23(34-6)13-14-27(25)33-29(22)31/h7-14,19,33H,1-2,15-18H2,3-6H3/p+1/b12-10+,20-9+,21-11+. The summed E-state index contributed by atoms with van der Waals surface area (Å²) in [5.74, 6) is 0. The smallest absolute Gasteiger partial charge is 0.207 e. The van der Waals surface area contributed by atoms with Crippen LogP contribution in [0.5, 0.6) is 0 Å². The number of fused-ring (bicyclic) bond motifs is 4. The van der Waals surface area contributed by atoms with Crippen molar-refractivity contribution in [1.82, 2.24) is 0 Å². The first kappa shape index (κ1) is 23.0. The van der Waals surface area contributed by atoms with Crippen LogP contribution in [0.2, 0.25) is 0 Å². The van der Waals surface area contributed by atoms with Gasteiger partial charge in [0.05, 0.1) is 5.41 Å². The quantitative estimate of drug-likeness (QED) is 0.367. The molecule has 1 aromatic carbocycles. The van der Waals surface area contributed by atoms with Gasteiger partial charge in [-0.15, -0.1) is 11.8 Å². The van der Waals surface area contributed by atoms with Crippen LogP contribution in [-0.4, -0.2) is 12.0 Å². The van der Waals surface area contributed by atoms with Gasteiger partial charge in [0, 0.05) is 38.9 Å². The summed E-state index contributed by atoms with van der Waals surface area (Å²) in [4.78, 5) is 4.95. The fourth-order valence-corrected chi connectivity index (χ4v) is 6.59. The Labute approximate surface area is 208 Å². The molecular weight excluding hydrogens is 432 g/mol. The van der Waals surface area contributed by atoms with Gasteiger partial charge in [-0.25, -0.2) is 4.99 Å². The number of benzene rings is 1. The second-order valence-electron chi connectivity index (χ2n) is 10.3. The van der Waals surface area contributed by atoms with E-state index in [1.165, 1.54) is 56.3 Å². The highest BCUT2D eigenvalue weighted by molar-refractivity contribution is 7.98. The lowest BCUT2D eigenvalue weighted by Gasteiger charge is -2.21. The number of hydrogen-bond donors (Lipinski definition) is 2. The molecule has 1 fully saturated rings. The Kier molecular flexibility index (Phi) is 5.72. The molecule has 2 atom stereocenters. The molecule has 0 saturated heterocycles. The molecule has 1 saturated carbocycles. The van der Waals surface area contributed by atoms with Crippen LogP contribution in [0.25, 0.3) is 0 Å². The van der Waals surface area contributed by atoms with E-state index in [4.69, 9.17) is 0 Å². The van der Waals surface area contributed by atoms with Crippen molar-refractivity contribution in [1.29, 1.82) is 0 Å². The first-order chi connectivity index (χ1) is 16.3. The Balaban J connectivity index is 1.36. The van der Waals surface area contributed by atoms with Crippen LogP contribution in [0.4, 0.5) is 5.69 Å². The molecule has 34 heavy (non-hydrogen) atoms. The van der Waals surface area contributed by atoms with E-state index in [1.54, 1.807) is 0 Å². The van der Waals surface area contributed by atoms with Crippen LogP contribution in [0.3, 0.4) is 0 Å². The van der Waals surface area contributed by atoms with E-state index in [2.05, 4.69) is 93.0 Å². The van der Waals surface area contributed by atoms with Gasteiger partial charge < -0.3 is 5.32 Å². The Hall–Kier alpha value is -2.78. The summed E-state index contributed by atoms with van der Waals surface area (Å²) in [5, 5.41) is 3.74. The molecule has 0 radical (unpaired) electrons. The fraction of sp³-hybridized carbons (Fsp3) is 0.323. The van der Waals surface area contributed by atoms with Crippen LogP contribution in [0.15, 0.2) is 106 Å². The molecule has 3 heteroatoms. The molecule has 174 valence electrons. The first-order valence-electron chi connectivity index (χ1n) is 12.2. The largest absolute Gasteiger partial charge is 0.358 e. The summed E-state index contributed by atoms with van der Waals surface area (Å²) in [6, 6.07) is 6.83. The molecule has 0 aromatic heterocycles. The van der Waals surface area contributed by atoms with Gasteiger partial charge in [0.2, 0.25) is 5.70 Å². The van der Waals surface area contributed by atoms with Gasteiger partial charge >= 0.3 is 0 Å². The maximum absolute atomic E-state index is 4.05. The van der Waals surface area contributed by atoms with Crippen LogP contribution in [-0.2, 0) is 5.41 Å². The van der Waals surface area contributed by atoms with E-state index in [1.807, 2.05) is 23.9 Å². The highest BCUT2D eigenvalue weighted by atomic mass is 32.2. The van der Waals surface area contributed by atoms with Crippen LogP contribution < -0.4 is 10.3 Å². The van der Waals surface area contributed by atoms with E-state index in [9.17, 15) is 0 Å². The number of nitrogens with one attached hydrogen (secondary N) is 2. The fourth-order valence-electron chi connectivity index (χ4n) is 6.15. The zero-order valence-corrected chi connectivity index (χ0v) is 21.7. The van der Waals surface area contributed by atoms with Crippen molar-refractivity contribution in [3.63, 3.8) is 0 Å². The number of rotatable bonds is 6. The summed E-state index contributed by atoms with van der Waals surface area (Å²) in [6.45, 7) is 14.9. The van der Waals surface area contributed by atoms with Crippen molar-refractivity contribution in [2.45, 2.75) is 56.8 Å². The van der Waals surface area contributed by atoms with E-state index in [0.29, 0.717) is 0 Å². The third kappa shape index (κ3) is 3.44. The van der Waals surface area contributed by atoms with Crippen molar-refractivity contribution in [3.05, 3.63) is 107 Å². The summed E-state index contributed by atoms with van der Waals surface area (Å²) in [7, 11) is 0. The van der Waals surface area contributed by atoms with Crippen LogP contribution in [0, 0.1) is 5.41 Å². The summed E-state index contributed by atoms with van der Waals surface area (Å²) in [6.07, 6.45) is 19.7. The molecule has 1 aromatic rings. The lowest BCUT2D eigenvalue weighted by atomic mass is 9.80. The van der Waals surface area contributed by atoms with Crippen molar-refractivity contribution >= 4 is 23.2 Å². The number of hydrogen-bond acceptors (Lipinski definition) is 2. The van der Waals surface area contributed by atoms with Gasteiger partial charge in [-0.2, -0.15) is 0 Å². The molecule has 2 nitrogen and oxygen atoms in total. The topological polar surface area (TPSA) is 26.0 Å². The van der Waals surface area contributed by atoms with Gasteiger partial charge in [-0.3, -0.25) is 0 Å². The Bertz CT molecular complexity index is 1280. The minimum absolute atomic E-state index is 0.0365. The number of anilines is 1. The van der Waals surface area contributed by atoms with Crippen LogP contribution in [0.1, 0.15) is 52.0 Å². The summed E-state index contributed by atoms with van der Waals surface area (Å²) < 4.78 is 0. The normalized spacial score (nSPS) is 29.0. The Morgan fingerprint density at radius 3 is 2.65 bits per heavy atom. The lowest BCUT2D eigenvalue weighted by molar-refractivity contribution is -0.387. The molecule has 2 N–H and O–H groups in total. The van der Waals surface area contributed by atoms with Gasteiger partial charge in [-0.1, -0.05) is 49.1 Å². The summed E-state index contributed by atoms with van der Waals surface area (Å²) in [5.41, 5.74) is 12.0. The van der Waals surface area contributed by atoms with Crippen LogP contribution >= 0.6 is 11.8 Å². The minimum Gasteiger partial charge on any atom is -0.358 e. The van der Waals surface area contributed by atoms with E-state index < -0.39 is 0 Å². The third-order valence-electron chi connectivity index (χ3n) is 8.26. The molecule has 2 heterocycles. The third-order valence-corrected chi connectivity index (χ3v) is 8.99. The molecule has 2 aliphatic carbocycles. The predicted molar refractivity (Wildman–Crippen MR) is 147 cm³/mol. The molecule has 4 aliphatic rings. The lowest BCUT2D eigenvalue weighted by Crippen LogP contribution is -2.69. The number of thioether (sulfide) groups is 1. The number of allylic oxidation sites excluding steroid dienone is 11. The van der Waals surface area contributed by atoms with Gasteiger partial charge in [-0.05, 0) is 82.0 Å². The molecule has 0 spiro atoms. The van der Waals surface area contributed by atoms with E-state index in [-0.39, 0.29) is 10.8 Å². The second kappa shape index (κ2) is 8.46. The maximum Gasteiger partial charge on any atom is 0.207 e. The second-order valence-corrected chi connectivity index (χ2v) is 11.2. The van der Waals surface area contributed by atoms with Gasteiger partial charge in [0.15, 0.2) is 5.71 Å². The van der Waals surface area contributed by atoms with Gasteiger partial charge in [0.25, 0.3) is 0 Å². The maximum atomic E-state index is 4.05. The molecular formula is C31H35N2S+. The Morgan fingerprint density at radius 1 is 1.12 bits per heavy atom. The minimum atomic E-state index is 0.0365.